The first kappa shape index (κ1) is 18.3. The fourth-order valence-electron chi connectivity index (χ4n) is 2.17. The van der Waals surface area contributed by atoms with Crippen LogP contribution in [0.3, 0.4) is 0 Å². The molecular formula is C18H18Cl2N2O2. The summed E-state index contributed by atoms with van der Waals surface area (Å²) in [4.78, 5) is 24.1. The van der Waals surface area contributed by atoms with E-state index in [1.54, 1.807) is 18.2 Å². The topological polar surface area (TPSA) is 58.2 Å². The van der Waals surface area contributed by atoms with Crippen molar-refractivity contribution in [3.05, 3.63) is 63.6 Å². The SMILES string of the molecule is CCC(C)c1ccc(NC(=O)NC(=O)c2c(Cl)cccc2Cl)cc1. The number of anilines is 1. The molecule has 2 N–H and O–H groups in total. The molecule has 0 saturated carbocycles. The van der Waals surface area contributed by atoms with Gasteiger partial charge in [-0.2, -0.15) is 0 Å². The lowest BCUT2D eigenvalue weighted by Gasteiger charge is -2.11. The van der Waals surface area contributed by atoms with E-state index >= 15 is 0 Å². The molecule has 0 aliphatic carbocycles. The Morgan fingerprint density at radius 3 is 2.17 bits per heavy atom. The first-order chi connectivity index (χ1) is 11.4. The number of halogens is 2. The molecule has 2 aromatic rings. The zero-order valence-electron chi connectivity index (χ0n) is 13.4. The minimum atomic E-state index is -0.653. The van der Waals surface area contributed by atoms with Crippen molar-refractivity contribution in [1.82, 2.24) is 5.32 Å². The van der Waals surface area contributed by atoms with Gasteiger partial charge >= 0.3 is 6.03 Å². The molecule has 0 aliphatic heterocycles. The molecule has 0 radical (unpaired) electrons. The zero-order chi connectivity index (χ0) is 17.7. The van der Waals surface area contributed by atoms with E-state index in [1.165, 1.54) is 17.7 Å². The molecule has 0 aliphatic rings. The highest BCUT2D eigenvalue weighted by Crippen LogP contribution is 2.24. The standard InChI is InChI=1S/C18H18Cl2N2O2/c1-3-11(2)12-7-9-13(10-8-12)21-18(24)22-17(23)16-14(19)5-4-6-15(16)20/h4-11H,3H2,1-2H3,(H2,21,22,23,24). The highest BCUT2D eigenvalue weighted by Gasteiger charge is 2.17. The normalized spacial score (nSPS) is 11.7. The molecule has 1 unspecified atom stereocenters. The average molecular weight is 365 g/mol. The Labute approximate surface area is 151 Å². The van der Waals surface area contributed by atoms with Gasteiger partial charge in [0.15, 0.2) is 0 Å². The maximum atomic E-state index is 12.1. The lowest BCUT2D eigenvalue weighted by molar-refractivity contribution is 0.0967. The second-order valence-corrected chi connectivity index (χ2v) is 6.25. The maximum Gasteiger partial charge on any atom is 0.326 e. The van der Waals surface area contributed by atoms with E-state index in [0.717, 1.165) is 6.42 Å². The molecule has 4 nitrogen and oxygen atoms in total. The number of hydrogen-bond donors (Lipinski definition) is 2. The summed E-state index contributed by atoms with van der Waals surface area (Å²) in [5.74, 6) is -0.198. The summed E-state index contributed by atoms with van der Waals surface area (Å²) >= 11 is 11.9. The summed E-state index contributed by atoms with van der Waals surface area (Å²) in [7, 11) is 0. The van der Waals surface area contributed by atoms with E-state index in [4.69, 9.17) is 23.2 Å². The Morgan fingerprint density at radius 2 is 1.62 bits per heavy atom. The van der Waals surface area contributed by atoms with Crippen LogP contribution in [-0.4, -0.2) is 11.9 Å². The molecule has 0 aromatic heterocycles. The molecular weight excluding hydrogens is 347 g/mol. The number of nitrogens with one attached hydrogen (secondary N) is 2. The van der Waals surface area contributed by atoms with Crippen molar-refractivity contribution in [3.8, 4) is 0 Å². The maximum absolute atomic E-state index is 12.1. The van der Waals surface area contributed by atoms with Crippen molar-refractivity contribution in [2.45, 2.75) is 26.2 Å². The molecule has 6 heteroatoms. The van der Waals surface area contributed by atoms with Crippen LogP contribution in [0.1, 0.15) is 42.1 Å². The second kappa shape index (κ2) is 8.18. The van der Waals surface area contributed by atoms with Crippen LogP contribution in [0, 0.1) is 0 Å². The summed E-state index contributed by atoms with van der Waals surface area (Å²) < 4.78 is 0. The highest BCUT2D eigenvalue weighted by molar-refractivity contribution is 6.40. The molecule has 0 spiro atoms. The third kappa shape index (κ3) is 4.49. The third-order valence-corrected chi connectivity index (χ3v) is 4.40. The monoisotopic (exact) mass is 364 g/mol. The van der Waals surface area contributed by atoms with Crippen molar-refractivity contribution in [1.29, 1.82) is 0 Å². The van der Waals surface area contributed by atoms with Gasteiger partial charge in [0, 0.05) is 5.69 Å². The van der Waals surface area contributed by atoms with Gasteiger partial charge in [-0.05, 0) is 42.2 Å². The Bertz CT molecular complexity index is 725. The Morgan fingerprint density at radius 1 is 1.04 bits per heavy atom. The summed E-state index contributed by atoms with van der Waals surface area (Å²) in [5.41, 5.74) is 1.86. The first-order valence-corrected chi connectivity index (χ1v) is 8.34. The minimum absolute atomic E-state index is 0.0723. The van der Waals surface area contributed by atoms with Crippen molar-refractivity contribution in [2.75, 3.05) is 5.32 Å². The van der Waals surface area contributed by atoms with E-state index in [1.807, 2.05) is 12.1 Å². The smallest absolute Gasteiger partial charge is 0.308 e. The third-order valence-electron chi connectivity index (χ3n) is 3.77. The molecule has 0 fully saturated rings. The van der Waals surface area contributed by atoms with E-state index < -0.39 is 11.9 Å². The number of hydrogen-bond acceptors (Lipinski definition) is 2. The van der Waals surface area contributed by atoms with Crippen LogP contribution in [0.25, 0.3) is 0 Å². The van der Waals surface area contributed by atoms with Crippen LogP contribution in [0.15, 0.2) is 42.5 Å². The van der Waals surface area contributed by atoms with Crippen molar-refractivity contribution < 1.29 is 9.59 Å². The lowest BCUT2D eigenvalue weighted by Crippen LogP contribution is -2.34. The molecule has 0 heterocycles. The number of carbonyl (C=O) groups is 2. The van der Waals surface area contributed by atoms with Crippen molar-refractivity contribution in [2.24, 2.45) is 0 Å². The summed E-state index contributed by atoms with van der Waals surface area (Å²) in [6, 6.07) is 11.6. The van der Waals surface area contributed by atoms with E-state index in [-0.39, 0.29) is 15.6 Å². The Hall–Kier alpha value is -2.04. The molecule has 0 saturated heterocycles. The molecule has 0 bridgehead atoms. The van der Waals surface area contributed by atoms with Gasteiger partial charge in [0.25, 0.3) is 5.91 Å². The van der Waals surface area contributed by atoms with Gasteiger partial charge in [-0.1, -0.05) is 55.2 Å². The Balaban J connectivity index is 2.02. The summed E-state index contributed by atoms with van der Waals surface area (Å²) in [6.45, 7) is 4.26. The van der Waals surface area contributed by atoms with Crippen molar-refractivity contribution in [3.63, 3.8) is 0 Å². The van der Waals surface area contributed by atoms with Gasteiger partial charge in [-0.3, -0.25) is 10.1 Å². The van der Waals surface area contributed by atoms with Gasteiger partial charge in [-0.25, -0.2) is 4.79 Å². The van der Waals surface area contributed by atoms with E-state index in [2.05, 4.69) is 24.5 Å². The number of imide groups is 1. The average Bonchev–Trinajstić information content (AvgIpc) is 2.54. The predicted octanol–water partition coefficient (Wildman–Crippen LogP) is 5.47. The largest absolute Gasteiger partial charge is 0.326 e. The molecule has 24 heavy (non-hydrogen) atoms. The van der Waals surface area contributed by atoms with E-state index in [9.17, 15) is 9.59 Å². The number of rotatable bonds is 4. The molecule has 3 amide bonds. The van der Waals surface area contributed by atoms with Crippen LogP contribution >= 0.6 is 23.2 Å². The minimum Gasteiger partial charge on any atom is -0.308 e. The van der Waals surface area contributed by atoms with Gasteiger partial charge < -0.3 is 5.32 Å². The van der Waals surface area contributed by atoms with Crippen LogP contribution in [0.2, 0.25) is 10.0 Å². The van der Waals surface area contributed by atoms with Crippen molar-refractivity contribution >= 4 is 40.8 Å². The van der Waals surface area contributed by atoms with Gasteiger partial charge in [0.1, 0.15) is 0 Å². The van der Waals surface area contributed by atoms with Gasteiger partial charge in [-0.15, -0.1) is 0 Å². The second-order valence-electron chi connectivity index (χ2n) is 5.44. The number of urea groups is 1. The molecule has 1 atom stereocenters. The van der Waals surface area contributed by atoms with Gasteiger partial charge in [0.05, 0.1) is 15.6 Å². The zero-order valence-corrected chi connectivity index (χ0v) is 14.9. The summed E-state index contributed by atoms with van der Waals surface area (Å²) in [5, 5.41) is 5.20. The molecule has 2 aromatic carbocycles. The lowest BCUT2D eigenvalue weighted by atomic mass is 9.99. The number of carbonyl (C=O) groups excluding carboxylic acids is 2. The quantitative estimate of drug-likeness (QED) is 0.755. The first-order valence-electron chi connectivity index (χ1n) is 7.58. The number of benzene rings is 2. The van der Waals surface area contributed by atoms with Crippen LogP contribution in [0.4, 0.5) is 10.5 Å². The van der Waals surface area contributed by atoms with E-state index in [0.29, 0.717) is 11.6 Å². The van der Waals surface area contributed by atoms with Crippen LogP contribution < -0.4 is 10.6 Å². The number of amides is 3. The molecule has 126 valence electrons. The molecule has 2 rings (SSSR count). The predicted molar refractivity (Wildman–Crippen MR) is 98.1 cm³/mol. The van der Waals surface area contributed by atoms with Crippen LogP contribution in [0.5, 0.6) is 0 Å². The fourth-order valence-corrected chi connectivity index (χ4v) is 2.74. The summed E-state index contributed by atoms with van der Waals surface area (Å²) in [6.07, 6.45) is 1.04. The van der Waals surface area contributed by atoms with Gasteiger partial charge in [0.2, 0.25) is 0 Å². The van der Waals surface area contributed by atoms with Crippen LogP contribution in [-0.2, 0) is 0 Å². The fraction of sp³-hybridized carbons (Fsp3) is 0.222. The highest BCUT2D eigenvalue weighted by atomic mass is 35.5. The Kier molecular flexibility index (Phi) is 6.23.